The smallest absolute Gasteiger partial charge is 0.271 e. The number of nitrogens with zero attached hydrogens (tertiary/aromatic N) is 1. The number of morpholine rings is 1. The first-order valence-corrected chi connectivity index (χ1v) is 19.4. The molecule has 46 heavy (non-hydrogen) atoms. The number of thiophene rings is 1. The van der Waals surface area contributed by atoms with E-state index in [4.69, 9.17) is 16.3 Å². The number of nitrogens with one attached hydrogen (secondary N) is 2. The fourth-order valence-electron chi connectivity index (χ4n) is 4.67. The van der Waals surface area contributed by atoms with Gasteiger partial charge in [0.15, 0.2) is 9.84 Å². The van der Waals surface area contributed by atoms with Gasteiger partial charge in [0.2, 0.25) is 9.84 Å². The summed E-state index contributed by atoms with van der Waals surface area (Å²) >= 11 is 6.70. The monoisotopic (exact) mass is 721 g/mol. The summed E-state index contributed by atoms with van der Waals surface area (Å²) in [6.07, 6.45) is 1.37. The van der Waals surface area contributed by atoms with Crippen molar-refractivity contribution in [3.05, 3.63) is 108 Å². The molecule has 0 bridgehead atoms. The van der Waals surface area contributed by atoms with Crippen LogP contribution in [-0.2, 0) is 34.4 Å². The predicted octanol–water partition coefficient (Wildman–Crippen LogP) is 4.91. The van der Waals surface area contributed by atoms with Crippen LogP contribution in [0.15, 0.2) is 116 Å². The normalized spacial score (nSPS) is 15.2. The van der Waals surface area contributed by atoms with Crippen LogP contribution in [0.5, 0.6) is 0 Å². The van der Waals surface area contributed by atoms with E-state index in [2.05, 4.69) is 16.6 Å². The van der Waals surface area contributed by atoms with Crippen molar-refractivity contribution in [3.8, 4) is 0 Å². The molecule has 1 aromatic heterocycles. The van der Waals surface area contributed by atoms with Crippen LogP contribution >= 0.6 is 22.9 Å². The molecule has 1 aliphatic heterocycles. The summed E-state index contributed by atoms with van der Waals surface area (Å²) < 4.78 is 86.4. The molecule has 4 aromatic rings. The van der Waals surface area contributed by atoms with Gasteiger partial charge < -0.3 is 10.1 Å². The molecule has 0 saturated carbocycles. The fraction of sp³-hybridized carbons (Fsp3) is 0.167. The van der Waals surface area contributed by atoms with Crippen LogP contribution in [-0.4, -0.2) is 67.7 Å². The van der Waals surface area contributed by atoms with Crippen molar-refractivity contribution in [2.24, 2.45) is 0 Å². The van der Waals surface area contributed by atoms with Gasteiger partial charge in [0, 0.05) is 23.8 Å². The van der Waals surface area contributed by atoms with Crippen molar-refractivity contribution in [2.75, 3.05) is 36.3 Å². The van der Waals surface area contributed by atoms with E-state index in [0.717, 1.165) is 0 Å². The van der Waals surface area contributed by atoms with E-state index >= 15 is 0 Å². The van der Waals surface area contributed by atoms with Gasteiger partial charge in [0.1, 0.15) is 13.8 Å². The number of hydrogen-bond acceptors (Lipinski definition) is 10. The number of ether oxygens (including phenoxy) is 1. The molecule has 242 valence electrons. The number of sulfonamides is 1. The number of amides is 1. The van der Waals surface area contributed by atoms with E-state index in [9.17, 15) is 30.0 Å². The molecular weight excluding hydrogens is 694 g/mol. The SMILES string of the molecule is C=CC(N1CCOCC1)S(=O)(=O)c1ccc(NC(=O)c2cc(Cl)ccc2NS(=O)(=O)c2ccc(S(=O)(=O)c3ccccc3)s2)cc1. The molecular formula is C30H28ClN3O8S4. The third kappa shape index (κ3) is 7.20. The van der Waals surface area contributed by atoms with Crippen LogP contribution in [0.1, 0.15) is 10.4 Å². The highest BCUT2D eigenvalue weighted by atomic mass is 35.5. The van der Waals surface area contributed by atoms with E-state index < -0.39 is 41.0 Å². The maximum absolute atomic E-state index is 13.3. The Balaban J connectivity index is 1.34. The number of rotatable bonds is 11. The molecule has 1 atom stereocenters. The largest absolute Gasteiger partial charge is 0.379 e. The summed E-state index contributed by atoms with van der Waals surface area (Å²) in [7, 11) is -12.1. The molecule has 1 fully saturated rings. The highest BCUT2D eigenvalue weighted by Crippen LogP contribution is 2.32. The summed E-state index contributed by atoms with van der Waals surface area (Å²) in [6.45, 7) is 5.41. The Morgan fingerprint density at radius 2 is 1.52 bits per heavy atom. The lowest BCUT2D eigenvalue weighted by Crippen LogP contribution is -2.46. The summed E-state index contributed by atoms with van der Waals surface area (Å²) in [5.41, 5.74) is 0.00933. The number of carbonyl (C=O) groups excluding carboxylic acids is 1. The highest BCUT2D eigenvalue weighted by Gasteiger charge is 2.32. The molecule has 3 aromatic carbocycles. The maximum atomic E-state index is 13.3. The van der Waals surface area contributed by atoms with E-state index in [1.807, 2.05) is 0 Å². The minimum atomic E-state index is -4.32. The summed E-state index contributed by atoms with van der Waals surface area (Å²) in [4.78, 5) is 15.1. The van der Waals surface area contributed by atoms with Crippen LogP contribution in [0.3, 0.4) is 0 Å². The lowest BCUT2D eigenvalue weighted by molar-refractivity contribution is 0.0374. The maximum Gasteiger partial charge on any atom is 0.271 e. The number of anilines is 2. The van der Waals surface area contributed by atoms with Gasteiger partial charge >= 0.3 is 0 Å². The number of halogens is 1. The second-order valence-corrected chi connectivity index (χ2v) is 17.6. The minimum Gasteiger partial charge on any atom is -0.379 e. The lowest BCUT2D eigenvalue weighted by atomic mass is 10.1. The Labute approximate surface area is 276 Å². The molecule has 1 amide bonds. The zero-order valence-electron chi connectivity index (χ0n) is 24.0. The topological polar surface area (TPSA) is 156 Å². The molecule has 1 unspecified atom stereocenters. The second kappa shape index (κ2) is 13.7. The molecule has 0 aliphatic carbocycles. The van der Waals surface area contributed by atoms with Crippen LogP contribution in [0, 0.1) is 0 Å². The van der Waals surface area contributed by atoms with E-state index in [1.165, 1.54) is 72.8 Å². The lowest BCUT2D eigenvalue weighted by Gasteiger charge is -2.32. The molecule has 2 N–H and O–H groups in total. The summed E-state index contributed by atoms with van der Waals surface area (Å²) in [5, 5.41) is 1.83. The van der Waals surface area contributed by atoms with Crippen molar-refractivity contribution in [1.29, 1.82) is 0 Å². The van der Waals surface area contributed by atoms with Gasteiger partial charge in [-0.25, -0.2) is 25.3 Å². The predicted molar refractivity (Wildman–Crippen MR) is 176 cm³/mol. The molecule has 11 nitrogen and oxygen atoms in total. The summed E-state index contributed by atoms with van der Waals surface area (Å²) in [5.74, 6) is -0.730. The Morgan fingerprint density at radius 1 is 0.870 bits per heavy atom. The molecule has 0 radical (unpaired) electrons. The quantitative estimate of drug-likeness (QED) is 0.206. The van der Waals surface area contributed by atoms with Crippen LogP contribution in [0.2, 0.25) is 5.02 Å². The Kier molecular flexibility index (Phi) is 10.0. The molecule has 16 heteroatoms. The standard InChI is InChI=1S/C30H28ClN3O8S4/c1-2-27(34-16-18-42-19-17-34)44(36,37)24-11-9-22(10-12-24)32-30(35)25-20-21(31)8-13-26(25)33-46(40,41)29-15-14-28(43-29)45(38,39)23-6-4-3-5-7-23/h2-15,20,27,33H,1,16-19H2,(H,32,35). The van der Waals surface area contributed by atoms with Gasteiger partial charge in [-0.3, -0.25) is 14.4 Å². The highest BCUT2D eigenvalue weighted by molar-refractivity contribution is 7.96. The number of benzene rings is 3. The van der Waals surface area contributed by atoms with Crippen LogP contribution in [0.25, 0.3) is 0 Å². The Morgan fingerprint density at radius 3 is 2.17 bits per heavy atom. The Hall–Kier alpha value is -3.57. The molecule has 0 spiro atoms. The average molecular weight is 722 g/mol. The van der Waals surface area contributed by atoms with Crippen molar-refractivity contribution in [3.63, 3.8) is 0 Å². The number of hydrogen-bond donors (Lipinski definition) is 2. The number of carbonyl (C=O) groups is 1. The van der Waals surface area contributed by atoms with Gasteiger partial charge in [-0.15, -0.1) is 17.9 Å². The van der Waals surface area contributed by atoms with Crippen LogP contribution < -0.4 is 10.0 Å². The fourth-order valence-corrected chi connectivity index (χ4v) is 10.8. The van der Waals surface area contributed by atoms with E-state index in [-0.39, 0.29) is 40.2 Å². The van der Waals surface area contributed by atoms with Gasteiger partial charge in [0.05, 0.1) is 34.3 Å². The first-order valence-electron chi connectivity index (χ1n) is 13.6. The number of sulfone groups is 2. The first kappa shape index (κ1) is 33.8. The molecule has 5 rings (SSSR count). The first-order chi connectivity index (χ1) is 21.8. The third-order valence-electron chi connectivity index (χ3n) is 6.98. The van der Waals surface area contributed by atoms with Gasteiger partial charge in [-0.2, -0.15) is 0 Å². The van der Waals surface area contributed by atoms with Gasteiger partial charge in [0.25, 0.3) is 15.9 Å². The molecule has 2 heterocycles. The van der Waals surface area contributed by atoms with Crippen molar-refractivity contribution in [2.45, 2.75) is 23.6 Å². The van der Waals surface area contributed by atoms with E-state index in [1.54, 1.807) is 23.1 Å². The van der Waals surface area contributed by atoms with Gasteiger partial charge in [-0.1, -0.05) is 35.9 Å². The zero-order valence-corrected chi connectivity index (χ0v) is 28.0. The van der Waals surface area contributed by atoms with Crippen LogP contribution in [0.4, 0.5) is 11.4 Å². The Bertz CT molecular complexity index is 2080. The zero-order chi connectivity index (χ0) is 33.1. The second-order valence-electron chi connectivity index (χ2n) is 9.98. The van der Waals surface area contributed by atoms with Crippen molar-refractivity contribution >= 4 is 69.9 Å². The average Bonchev–Trinajstić information content (AvgIpc) is 3.56. The summed E-state index contributed by atoms with van der Waals surface area (Å²) in [6, 6.07) is 19.5. The van der Waals surface area contributed by atoms with Crippen molar-refractivity contribution in [1.82, 2.24) is 4.90 Å². The van der Waals surface area contributed by atoms with E-state index in [0.29, 0.717) is 37.6 Å². The third-order valence-corrected chi connectivity index (χ3v) is 14.5. The minimum absolute atomic E-state index is 0.0219. The molecule has 1 aliphatic rings. The van der Waals surface area contributed by atoms with Gasteiger partial charge in [-0.05, 0) is 66.7 Å². The van der Waals surface area contributed by atoms with Crippen molar-refractivity contribution < 1.29 is 34.8 Å². The molecule has 1 saturated heterocycles.